The SMILES string of the molecule is CC(=O)Nc1ccc(OC[C@@H]2CC(c3ccc([N+](=O)[O-])c(C)c3)[C@H](C(F)(F)F)N2)cc1. The first kappa shape index (κ1) is 22.5. The Morgan fingerprint density at radius 2 is 1.94 bits per heavy atom. The van der Waals surface area contributed by atoms with Crippen molar-refractivity contribution in [3.05, 3.63) is 63.7 Å². The predicted octanol–water partition coefficient (Wildman–Crippen LogP) is 4.32. The molecule has 7 nitrogen and oxygen atoms in total. The monoisotopic (exact) mass is 437 g/mol. The first-order valence-corrected chi connectivity index (χ1v) is 9.62. The van der Waals surface area contributed by atoms with Gasteiger partial charge in [0.1, 0.15) is 18.4 Å². The van der Waals surface area contributed by atoms with Crippen LogP contribution >= 0.6 is 0 Å². The topological polar surface area (TPSA) is 93.5 Å². The van der Waals surface area contributed by atoms with Crippen molar-refractivity contribution in [2.45, 2.75) is 44.4 Å². The van der Waals surface area contributed by atoms with Gasteiger partial charge in [0.05, 0.1) is 4.92 Å². The van der Waals surface area contributed by atoms with Crippen LogP contribution in [0.4, 0.5) is 24.5 Å². The van der Waals surface area contributed by atoms with Gasteiger partial charge in [0, 0.05) is 36.2 Å². The molecule has 0 aromatic heterocycles. The molecular weight excluding hydrogens is 415 g/mol. The maximum atomic E-state index is 13.6. The lowest BCUT2D eigenvalue weighted by Crippen LogP contribution is -2.44. The smallest absolute Gasteiger partial charge is 0.404 e. The van der Waals surface area contributed by atoms with E-state index in [1.807, 2.05) is 0 Å². The number of amides is 1. The van der Waals surface area contributed by atoms with E-state index in [2.05, 4.69) is 10.6 Å². The van der Waals surface area contributed by atoms with Crippen LogP contribution in [0.2, 0.25) is 0 Å². The van der Waals surface area contributed by atoms with Gasteiger partial charge in [0.15, 0.2) is 0 Å². The van der Waals surface area contributed by atoms with Gasteiger partial charge < -0.3 is 10.1 Å². The number of hydrogen-bond donors (Lipinski definition) is 2. The third-order valence-corrected chi connectivity index (χ3v) is 5.18. The Hall–Kier alpha value is -3.14. The number of ether oxygens (including phenoxy) is 1. The standard InChI is InChI=1S/C21H22F3N3O4/c1-12-9-14(3-8-19(12)27(29)30)18-10-16(26-20(18)21(22,23)24)11-31-17-6-4-15(5-7-17)25-13(2)28/h3-9,16,18,20,26H,10-11H2,1-2H3,(H,25,28)/t16-,18?,20+/m0/s1. The number of aryl methyl sites for hydroxylation is 1. The van der Waals surface area contributed by atoms with Crippen LogP contribution in [0, 0.1) is 17.0 Å². The minimum Gasteiger partial charge on any atom is -0.492 e. The molecule has 3 rings (SSSR count). The summed E-state index contributed by atoms with van der Waals surface area (Å²) in [6.07, 6.45) is -4.31. The molecule has 0 aliphatic carbocycles. The fourth-order valence-electron chi connectivity index (χ4n) is 3.80. The maximum absolute atomic E-state index is 13.6. The molecule has 1 amide bonds. The molecule has 2 N–H and O–H groups in total. The summed E-state index contributed by atoms with van der Waals surface area (Å²) in [6.45, 7) is 2.92. The number of carbonyl (C=O) groups is 1. The van der Waals surface area contributed by atoms with Crippen LogP contribution in [0.5, 0.6) is 5.75 Å². The molecule has 1 heterocycles. The van der Waals surface area contributed by atoms with Crippen molar-refractivity contribution in [3.8, 4) is 5.75 Å². The summed E-state index contributed by atoms with van der Waals surface area (Å²) in [5.74, 6) is -0.626. The van der Waals surface area contributed by atoms with Crippen LogP contribution in [0.3, 0.4) is 0 Å². The van der Waals surface area contributed by atoms with Crippen LogP contribution in [-0.2, 0) is 4.79 Å². The minimum atomic E-state index is -4.48. The van der Waals surface area contributed by atoms with Crippen molar-refractivity contribution >= 4 is 17.3 Å². The molecule has 1 aliphatic heterocycles. The zero-order chi connectivity index (χ0) is 22.8. The zero-order valence-electron chi connectivity index (χ0n) is 16.9. The molecule has 1 aliphatic rings. The van der Waals surface area contributed by atoms with Crippen LogP contribution in [0.15, 0.2) is 42.5 Å². The van der Waals surface area contributed by atoms with Gasteiger partial charge in [-0.05, 0) is 49.2 Å². The number of hydrogen-bond acceptors (Lipinski definition) is 5. The lowest BCUT2D eigenvalue weighted by atomic mass is 9.89. The van der Waals surface area contributed by atoms with Gasteiger partial charge in [-0.3, -0.25) is 20.2 Å². The Labute approximate surface area is 176 Å². The average molecular weight is 437 g/mol. The van der Waals surface area contributed by atoms with Gasteiger partial charge in [0.25, 0.3) is 5.69 Å². The Kier molecular flexibility index (Phi) is 6.49. The number of anilines is 1. The highest BCUT2D eigenvalue weighted by atomic mass is 19.4. The summed E-state index contributed by atoms with van der Waals surface area (Å²) >= 11 is 0. The molecule has 0 bridgehead atoms. The van der Waals surface area contributed by atoms with E-state index in [1.54, 1.807) is 24.3 Å². The maximum Gasteiger partial charge on any atom is 0.404 e. The highest BCUT2D eigenvalue weighted by molar-refractivity contribution is 5.88. The molecule has 1 unspecified atom stereocenters. The van der Waals surface area contributed by atoms with Gasteiger partial charge in [-0.25, -0.2) is 0 Å². The largest absolute Gasteiger partial charge is 0.492 e. The van der Waals surface area contributed by atoms with E-state index in [-0.39, 0.29) is 24.6 Å². The van der Waals surface area contributed by atoms with E-state index in [0.29, 0.717) is 22.6 Å². The number of nitro benzene ring substituents is 1. The van der Waals surface area contributed by atoms with Crippen molar-refractivity contribution < 1.29 is 27.6 Å². The van der Waals surface area contributed by atoms with Crippen molar-refractivity contribution in [3.63, 3.8) is 0 Å². The van der Waals surface area contributed by atoms with Gasteiger partial charge in [0.2, 0.25) is 5.91 Å². The van der Waals surface area contributed by atoms with Gasteiger partial charge in [-0.1, -0.05) is 6.07 Å². The second kappa shape index (κ2) is 8.93. The number of rotatable bonds is 6. The molecule has 2 aromatic rings. The number of nitro groups is 1. The fraction of sp³-hybridized carbons (Fsp3) is 0.381. The Morgan fingerprint density at radius 3 is 2.48 bits per heavy atom. The van der Waals surface area contributed by atoms with Gasteiger partial charge in [-0.2, -0.15) is 13.2 Å². The number of nitrogens with zero attached hydrogens (tertiary/aromatic N) is 1. The summed E-state index contributed by atoms with van der Waals surface area (Å²) in [6, 6.07) is 8.29. The van der Waals surface area contributed by atoms with Crippen LogP contribution in [0.1, 0.15) is 30.4 Å². The number of nitrogens with one attached hydrogen (secondary N) is 2. The minimum absolute atomic E-state index is 0.0223. The summed E-state index contributed by atoms with van der Waals surface area (Å²) in [7, 11) is 0. The highest BCUT2D eigenvalue weighted by Gasteiger charge is 2.50. The molecule has 0 saturated carbocycles. The molecule has 3 atom stereocenters. The lowest BCUT2D eigenvalue weighted by Gasteiger charge is -2.23. The number of carbonyl (C=O) groups excluding carboxylic acids is 1. The van der Waals surface area contributed by atoms with E-state index in [9.17, 15) is 28.1 Å². The van der Waals surface area contributed by atoms with E-state index in [1.165, 1.54) is 32.0 Å². The first-order valence-electron chi connectivity index (χ1n) is 9.62. The van der Waals surface area contributed by atoms with Gasteiger partial charge in [-0.15, -0.1) is 0 Å². The van der Waals surface area contributed by atoms with Crippen molar-refractivity contribution in [2.24, 2.45) is 0 Å². The van der Waals surface area contributed by atoms with Crippen LogP contribution < -0.4 is 15.4 Å². The van der Waals surface area contributed by atoms with Crippen molar-refractivity contribution in [2.75, 3.05) is 11.9 Å². The molecule has 0 radical (unpaired) electrons. The number of benzene rings is 2. The molecule has 10 heteroatoms. The Bertz CT molecular complexity index is 963. The molecule has 1 fully saturated rings. The van der Waals surface area contributed by atoms with E-state index >= 15 is 0 Å². The Morgan fingerprint density at radius 1 is 1.26 bits per heavy atom. The second-order valence-electron chi connectivity index (χ2n) is 7.54. The third kappa shape index (κ3) is 5.52. The highest BCUT2D eigenvalue weighted by Crippen LogP contribution is 2.40. The van der Waals surface area contributed by atoms with E-state index in [4.69, 9.17) is 4.74 Å². The summed E-state index contributed by atoms with van der Waals surface area (Å²) in [5.41, 5.74) is 1.19. The van der Waals surface area contributed by atoms with E-state index < -0.39 is 29.1 Å². The van der Waals surface area contributed by atoms with Crippen molar-refractivity contribution in [1.29, 1.82) is 0 Å². The van der Waals surface area contributed by atoms with Crippen LogP contribution in [0.25, 0.3) is 0 Å². The fourth-order valence-corrected chi connectivity index (χ4v) is 3.80. The molecule has 2 aromatic carbocycles. The quantitative estimate of drug-likeness (QED) is 0.519. The normalized spacial score (nSPS) is 21.0. The van der Waals surface area contributed by atoms with Crippen LogP contribution in [-0.4, -0.2) is 35.7 Å². The summed E-state index contributed by atoms with van der Waals surface area (Å²) in [5, 5.41) is 16.2. The van der Waals surface area contributed by atoms with Gasteiger partial charge >= 0.3 is 6.18 Å². The summed E-state index contributed by atoms with van der Waals surface area (Å²) < 4.78 is 46.6. The average Bonchev–Trinajstić information content (AvgIpc) is 3.11. The third-order valence-electron chi connectivity index (χ3n) is 5.18. The molecule has 31 heavy (non-hydrogen) atoms. The molecule has 0 spiro atoms. The molecule has 1 saturated heterocycles. The number of alkyl halides is 3. The molecular formula is C21H22F3N3O4. The molecule has 166 valence electrons. The number of halogens is 3. The first-order chi connectivity index (χ1) is 14.5. The van der Waals surface area contributed by atoms with Crippen molar-refractivity contribution in [1.82, 2.24) is 5.32 Å². The summed E-state index contributed by atoms with van der Waals surface area (Å²) in [4.78, 5) is 21.5. The second-order valence-corrected chi connectivity index (χ2v) is 7.54. The lowest BCUT2D eigenvalue weighted by molar-refractivity contribution is -0.385. The van der Waals surface area contributed by atoms with E-state index in [0.717, 1.165) is 0 Å². The Balaban J connectivity index is 1.70. The zero-order valence-corrected chi connectivity index (χ0v) is 16.9. The predicted molar refractivity (Wildman–Crippen MR) is 108 cm³/mol.